The van der Waals surface area contributed by atoms with Crippen molar-refractivity contribution in [2.45, 2.75) is 37.8 Å². The molecule has 20 heavy (non-hydrogen) atoms. The van der Waals surface area contributed by atoms with Crippen molar-refractivity contribution < 1.29 is 9.53 Å². The second-order valence-corrected chi connectivity index (χ2v) is 5.97. The van der Waals surface area contributed by atoms with Gasteiger partial charge in [0.15, 0.2) is 0 Å². The van der Waals surface area contributed by atoms with Gasteiger partial charge in [-0.1, -0.05) is 18.2 Å². The predicted molar refractivity (Wildman–Crippen MR) is 77.8 cm³/mol. The molecule has 2 aliphatic rings. The first-order chi connectivity index (χ1) is 9.72. The van der Waals surface area contributed by atoms with Gasteiger partial charge in [-0.05, 0) is 50.8 Å². The highest BCUT2D eigenvalue weighted by atomic mass is 16.6. The third-order valence-electron chi connectivity index (χ3n) is 4.68. The Hall–Kier alpha value is -1.55. The Bertz CT molecular complexity index is 449. The number of ether oxygens (including phenoxy) is 1. The van der Waals surface area contributed by atoms with Crippen molar-refractivity contribution in [1.29, 1.82) is 0 Å². The van der Waals surface area contributed by atoms with Crippen molar-refractivity contribution in [3.05, 3.63) is 30.3 Å². The van der Waals surface area contributed by atoms with Crippen LogP contribution in [0.4, 0.5) is 4.79 Å². The number of carbonyl (C=O) groups excluding carboxylic acids is 1. The quantitative estimate of drug-likeness (QED) is 0.921. The van der Waals surface area contributed by atoms with Gasteiger partial charge in [-0.3, -0.25) is 0 Å². The Balaban J connectivity index is 1.45. The van der Waals surface area contributed by atoms with Gasteiger partial charge >= 0.3 is 6.09 Å². The average molecular weight is 274 g/mol. The highest BCUT2D eigenvalue weighted by Crippen LogP contribution is 2.36. The van der Waals surface area contributed by atoms with Gasteiger partial charge in [0, 0.05) is 18.6 Å². The first-order valence-electron chi connectivity index (χ1n) is 7.45. The first kappa shape index (κ1) is 13.4. The van der Waals surface area contributed by atoms with Crippen molar-refractivity contribution in [2.24, 2.45) is 5.92 Å². The average Bonchev–Trinajstić information content (AvgIpc) is 2.68. The fraction of sp³-hybridized carbons (Fsp3) is 0.562. The Morgan fingerprint density at radius 3 is 2.55 bits per heavy atom. The summed E-state index contributed by atoms with van der Waals surface area (Å²) in [7, 11) is 2.23. The monoisotopic (exact) mass is 274 g/mol. The minimum Gasteiger partial charge on any atom is -0.410 e. The molecular formula is C16H22N2O2. The van der Waals surface area contributed by atoms with Gasteiger partial charge < -0.3 is 15.0 Å². The first-order valence-corrected chi connectivity index (χ1v) is 7.45. The summed E-state index contributed by atoms with van der Waals surface area (Å²) in [6.07, 6.45) is 4.66. The Morgan fingerprint density at radius 2 is 1.90 bits per heavy atom. The highest BCUT2D eigenvalue weighted by molar-refractivity contribution is 5.70. The number of nitrogens with one attached hydrogen (secondary N) is 1. The molecule has 2 aliphatic heterocycles. The zero-order chi connectivity index (χ0) is 13.9. The van der Waals surface area contributed by atoms with E-state index < -0.39 is 0 Å². The molecule has 2 unspecified atom stereocenters. The molecule has 3 rings (SSSR count). The zero-order valence-electron chi connectivity index (χ0n) is 11.9. The summed E-state index contributed by atoms with van der Waals surface area (Å²) in [5.74, 6) is 1.18. The van der Waals surface area contributed by atoms with Crippen LogP contribution in [0.5, 0.6) is 5.75 Å². The number of hydrogen-bond donors (Lipinski definition) is 1. The van der Waals surface area contributed by atoms with Crippen LogP contribution in [0.2, 0.25) is 0 Å². The summed E-state index contributed by atoms with van der Waals surface area (Å²) in [4.78, 5) is 14.3. The minimum atomic E-state index is -0.345. The molecule has 2 bridgehead atoms. The summed E-state index contributed by atoms with van der Waals surface area (Å²) >= 11 is 0. The maximum absolute atomic E-state index is 11.8. The fourth-order valence-corrected chi connectivity index (χ4v) is 3.55. The molecule has 1 aromatic rings. The van der Waals surface area contributed by atoms with E-state index in [0.717, 1.165) is 6.54 Å². The number of piperidine rings is 1. The molecule has 2 atom stereocenters. The van der Waals surface area contributed by atoms with E-state index in [4.69, 9.17) is 4.74 Å². The summed E-state index contributed by atoms with van der Waals surface area (Å²) in [6, 6.07) is 10.6. The number of amides is 1. The van der Waals surface area contributed by atoms with Crippen LogP contribution in [0, 0.1) is 5.92 Å². The number of carbonyl (C=O) groups is 1. The molecule has 4 nitrogen and oxygen atoms in total. The van der Waals surface area contributed by atoms with E-state index >= 15 is 0 Å². The molecule has 0 spiro atoms. The van der Waals surface area contributed by atoms with E-state index in [1.165, 1.54) is 25.7 Å². The molecule has 1 N–H and O–H groups in total. The molecule has 2 saturated heterocycles. The number of hydrogen-bond acceptors (Lipinski definition) is 3. The number of nitrogens with zero attached hydrogens (tertiary/aromatic N) is 1. The van der Waals surface area contributed by atoms with Crippen LogP contribution >= 0.6 is 0 Å². The third kappa shape index (κ3) is 2.96. The van der Waals surface area contributed by atoms with Crippen LogP contribution in [0.25, 0.3) is 0 Å². The Kier molecular flexibility index (Phi) is 3.92. The molecule has 1 aromatic carbocycles. The van der Waals surface area contributed by atoms with Crippen LogP contribution in [-0.4, -0.2) is 36.7 Å². The van der Waals surface area contributed by atoms with Gasteiger partial charge in [0.2, 0.25) is 0 Å². The summed E-state index contributed by atoms with van der Waals surface area (Å²) in [6.45, 7) is 0.729. The third-order valence-corrected chi connectivity index (χ3v) is 4.68. The number of para-hydroxylation sites is 1. The molecule has 0 aromatic heterocycles. The van der Waals surface area contributed by atoms with Gasteiger partial charge in [-0.2, -0.15) is 0 Å². The van der Waals surface area contributed by atoms with E-state index in [-0.39, 0.29) is 6.09 Å². The van der Waals surface area contributed by atoms with Crippen molar-refractivity contribution in [1.82, 2.24) is 10.2 Å². The summed E-state index contributed by atoms with van der Waals surface area (Å²) < 4.78 is 5.24. The van der Waals surface area contributed by atoms with Crippen LogP contribution in [0.3, 0.4) is 0 Å². The van der Waals surface area contributed by atoms with Gasteiger partial charge in [0.05, 0.1) is 0 Å². The van der Waals surface area contributed by atoms with Crippen molar-refractivity contribution >= 4 is 6.09 Å². The lowest BCUT2D eigenvalue weighted by Gasteiger charge is -2.36. The van der Waals surface area contributed by atoms with Gasteiger partial charge in [0.25, 0.3) is 0 Å². The van der Waals surface area contributed by atoms with E-state index in [9.17, 15) is 4.79 Å². The summed E-state index contributed by atoms with van der Waals surface area (Å²) in [5, 5.41) is 2.90. The van der Waals surface area contributed by atoms with Gasteiger partial charge in [-0.15, -0.1) is 0 Å². The maximum atomic E-state index is 11.8. The molecule has 108 valence electrons. The Labute approximate surface area is 120 Å². The molecule has 0 radical (unpaired) electrons. The molecule has 0 aliphatic carbocycles. The lowest BCUT2D eigenvalue weighted by molar-refractivity contribution is 0.131. The lowest BCUT2D eigenvalue weighted by atomic mass is 9.91. The standard InChI is InChI=1S/C16H22N2O2/c1-18-13-7-8-14(18)10-12(9-13)11-17-16(19)20-15-5-3-2-4-6-15/h2-6,12-14H,7-11H2,1H3,(H,17,19). The van der Waals surface area contributed by atoms with E-state index in [1.807, 2.05) is 18.2 Å². The summed E-state index contributed by atoms with van der Waals surface area (Å²) in [5.41, 5.74) is 0. The molecule has 2 heterocycles. The minimum absolute atomic E-state index is 0.345. The van der Waals surface area contributed by atoms with Crippen LogP contribution in [0.1, 0.15) is 25.7 Å². The van der Waals surface area contributed by atoms with E-state index in [2.05, 4.69) is 17.3 Å². The number of rotatable bonds is 3. The SMILES string of the molecule is CN1C2CCC1CC(CNC(=O)Oc1ccccc1)C2. The van der Waals surface area contributed by atoms with Crippen LogP contribution in [0.15, 0.2) is 30.3 Å². The number of fused-ring (bicyclic) bond motifs is 2. The van der Waals surface area contributed by atoms with Crippen molar-refractivity contribution in [3.8, 4) is 5.75 Å². The molecule has 4 heteroatoms. The van der Waals surface area contributed by atoms with E-state index in [0.29, 0.717) is 23.8 Å². The second-order valence-electron chi connectivity index (χ2n) is 5.97. The zero-order valence-corrected chi connectivity index (χ0v) is 11.9. The lowest BCUT2D eigenvalue weighted by Crippen LogP contribution is -2.43. The highest BCUT2D eigenvalue weighted by Gasteiger charge is 2.38. The van der Waals surface area contributed by atoms with Crippen molar-refractivity contribution in [2.75, 3.05) is 13.6 Å². The molecule has 1 amide bonds. The Morgan fingerprint density at radius 1 is 1.25 bits per heavy atom. The molecule has 2 fully saturated rings. The second kappa shape index (κ2) is 5.83. The fourth-order valence-electron chi connectivity index (χ4n) is 3.55. The predicted octanol–water partition coefficient (Wildman–Crippen LogP) is 2.65. The van der Waals surface area contributed by atoms with Crippen LogP contribution in [-0.2, 0) is 0 Å². The van der Waals surface area contributed by atoms with Gasteiger partial charge in [0.1, 0.15) is 5.75 Å². The van der Waals surface area contributed by atoms with Gasteiger partial charge in [-0.25, -0.2) is 4.79 Å². The molecule has 0 saturated carbocycles. The topological polar surface area (TPSA) is 41.6 Å². The van der Waals surface area contributed by atoms with Crippen LogP contribution < -0.4 is 10.1 Å². The molecular weight excluding hydrogens is 252 g/mol. The normalized spacial score (nSPS) is 29.1. The smallest absolute Gasteiger partial charge is 0.410 e. The largest absolute Gasteiger partial charge is 0.412 e. The number of benzene rings is 1. The van der Waals surface area contributed by atoms with Crippen molar-refractivity contribution in [3.63, 3.8) is 0 Å². The maximum Gasteiger partial charge on any atom is 0.412 e. The van der Waals surface area contributed by atoms with E-state index in [1.54, 1.807) is 12.1 Å².